The highest BCUT2D eigenvalue weighted by Gasteiger charge is 2.03. The van der Waals surface area contributed by atoms with Gasteiger partial charge in [-0.15, -0.1) is 0 Å². The summed E-state index contributed by atoms with van der Waals surface area (Å²) in [6, 6.07) is 13.4. The van der Waals surface area contributed by atoms with Crippen LogP contribution in [0.2, 0.25) is 0 Å². The second-order valence-corrected chi connectivity index (χ2v) is 4.18. The van der Waals surface area contributed by atoms with E-state index < -0.39 is 0 Å². The smallest absolute Gasteiger partial charge is 0.292 e. The van der Waals surface area contributed by atoms with Crippen LogP contribution in [0, 0.1) is 0 Å². The molecule has 2 aromatic rings. The molecule has 0 unspecified atom stereocenters. The number of pyridine rings is 1. The Labute approximate surface area is 111 Å². The summed E-state index contributed by atoms with van der Waals surface area (Å²) < 4.78 is 6.96. The number of aliphatic hydroxyl groups is 1. The Morgan fingerprint density at radius 2 is 1.89 bits per heavy atom. The minimum Gasteiger partial charge on any atom is -0.488 e. The Bertz CT molecular complexity index is 563. The molecule has 0 saturated heterocycles. The third-order valence-corrected chi connectivity index (χ3v) is 2.82. The van der Waals surface area contributed by atoms with Crippen molar-refractivity contribution in [2.24, 2.45) is 0 Å². The monoisotopic (exact) mass is 259 g/mol. The zero-order valence-corrected chi connectivity index (χ0v) is 10.7. The summed E-state index contributed by atoms with van der Waals surface area (Å²) in [6.07, 6.45) is 2.40. The zero-order valence-electron chi connectivity index (χ0n) is 10.7. The molecule has 0 amide bonds. The van der Waals surface area contributed by atoms with Crippen molar-refractivity contribution in [3.05, 3.63) is 64.6 Å². The molecule has 19 heavy (non-hydrogen) atoms. The van der Waals surface area contributed by atoms with Gasteiger partial charge < -0.3 is 14.4 Å². The molecule has 1 heterocycles. The number of hydrogen-bond donors (Lipinski definition) is 1. The Kier molecular flexibility index (Phi) is 4.75. The molecule has 1 aromatic heterocycles. The van der Waals surface area contributed by atoms with Crippen LogP contribution in [0.15, 0.2) is 53.5 Å². The second kappa shape index (κ2) is 6.75. The number of ether oxygens (including phenoxy) is 1. The van der Waals surface area contributed by atoms with E-state index in [1.807, 2.05) is 30.3 Å². The van der Waals surface area contributed by atoms with Gasteiger partial charge in [-0.1, -0.05) is 30.3 Å². The lowest BCUT2D eigenvalue weighted by atomic mass is 10.2. The van der Waals surface area contributed by atoms with Crippen LogP contribution in [0.1, 0.15) is 5.56 Å². The molecule has 0 saturated carbocycles. The molecule has 0 aliphatic rings. The van der Waals surface area contributed by atoms with Gasteiger partial charge in [-0.2, -0.15) is 0 Å². The maximum atomic E-state index is 11.9. The average molecular weight is 259 g/mol. The summed E-state index contributed by atoms with van der Waals surface area (Å²) in [4.78, 5) is 11.9. The predicted molar refractivity (Wildman–Crippen MR) is 73.4 cm³/mol. The SMILES string of the molecule is O=c1c(OCCc2ccccc2)cccn1CCO. The van der Waals surface area contributed by atoms with E-state index in [0.717, 1.165) is 6.42 Å². The van der Waals surface area contributed by atoms with Crippen LogP contribution in [-0.2, 0) is 13.0 Å². The summed E-state index contributed by atoms with van der Waals surface area (Å²) in [5.41, 5.74) is 0.971. The van der Waals surface area contributed by atoms with Crippen LogP contribution in [0.3, 0.4) is 0 Å². The van der Waals surface area contributed by atoms with Crippen LogP contribution in [0.5, 0.6) is 5.75 Å². The Morgan fingerprint density at radius 1 is 1.11 bits per heavy atom. The molecular formula is C15H17NO3. The molecule has 0 aliphatic carbocycles. The van der Waals surface area contributed by atoms with E-state index in [0.29, 0.717) is 12.4 Å². The summed E-state index contributed by atoms with van der Waals surface area (Å²) in [6.45, 7) is 0.685. The molecule has 1 aromatic carbocycles. The maximum absolute atomic E-state index is 11.9. The van der Waals surface area contributed by atoms with E-state index in [4.69, 9.17) is 9.84 Å². The zero-order chi connectivity index (χ0) is 13.5. The molecule has 4 nitrogen and oxygen atoms in total. The van der Waals surface area contributed by atoms with E-state index in [-0.39, 0.29) is 18.7 Å². The van der Waals surface area contributed by atoms with Crippen molar-refractivity contribution in [1.29, 1.82) is 0 Å². The standard InChI is InChI=1S/C15H17NO3/c17-11-10-16-9-4-7-14(15(16)18)19-12-8-13-5-2-1-3-6-13/h1-7,9,17H,8,10-12H2. The quantitative estimate of drug-likeness (QED) is 0.854. The number of rotatable bonds is 6. The van der Waals surface area contributed by atoms with E-state index >= 15 is 0 Å². The molecule has 2 rings (SSSR count). The number of benzene rings is 1. The fourth-order valence-electron chi connectivity index (χ4n) is 1.83. The van der Waals surface area contributed by atoms with Gasteiger partial charge in [0, 0.05) is 19.2 Å². The van der Waals surface area contributed by atoms with Gasteiger partial charge in [0.2, 0.25) is 0 Å². The van der Waals surface area contributed by atoms with Crippen LogP contribution in [-0.4, -0.2) is 22.9 Å². The lowest BCUT2D eigenvalue weighted by Crippen LogP contribution is -2.23. The predicted octanol–water partition coefficient (Wildman–Crippen LogP) is 1.46. The van der Waals surface area contributed by atoms with Crippen LogP contribution >= 0.6 is 0 Å². The van der Waals surface area contributed by atoms with Crippen LogP contribution in [0.4, 0.5) is 0 Å². The Morgan fingerprint density at radius 3 is 2.63 bits per heavy atom. The number of nitrogens with zero attached hydrogens (tertiary/aromatic N) is 1. The normalized spacial score (nSPS) is 10.4. The molecule has 0 spiro atoms. The Hall–Kier alpha value is -2.07. The molecule has 0 atom stereocenters. The first kappa shape index (κ1) is 13.4. The average Bonchev–Trinajstić information content (AvgIpc) is 2.44. The molecule has 1 N–H and O–H groups in total. The van der Waals surface area contributed by atoms with Crippen molar-refractivity contribution >= 4 is 0 Å². The fraction of sp³-hybridized carbons (Fsp3) is 0.267. The minimum absolute atomic E-state index is 0.0621. The molecule has 0 bridgehead atoms. The maximum Gasteiger partial charge on any atom is 0.292 e. The second-order valence-electron chi connectivity index (χ2n) is 4.18. The van der Waals surface area contributed by atoms with Crippen molar-refractivity contribution in [3.8, 4) is 5.75 Å². The highest BCUT2D eigenvalue weighted by Crippen LogP contribution is 2.04. The number of aromatic nitrogens is 1. The van der Waals surface area contributed by atoms with E-state index in [2.05, 4.69) is 0 Å². The van der Waals surface area contributed by atoms with E-state index in [1.165, 1.54) is 10.1 Å². The molecule has 100 valence electrons. The third kappa shape index (κ3) is 3.69. The summed E-state index contributed by atoms with van der Waals surface area (Å²) in [5, 5.41) is 8.86. The Balaban J connectivity index is 1.96. The highest BCUT2D eigenvalue weighted by molar-refractivity contribution is 5.18. The van der Waals surface area contributed by atoms with Gasteiger partial charge in [-0.05, 0) is 17.7 Å². The third-order valence-electron chi connectivity index (χ3n) is 2.82. The van der Waals surface area contributed by atoms with Gasteiger partial charge in [-0.3, -0.25) is 4.79 Å². The molecule has 4 heteroatoms. The summed E-state index contributed by atoms with van der Waals surface area (Å²) in [7, 11) is 0. The first-order chi connectivity index (χ1) is 9.31. The molecule has 0 aliphatic heterocycles. The van der Waals surface area contributed by atoms with Gasteiger partial charge in [0.25, 0.3) is 5.56 Å². The van der Waals surface area contributed by atoms with Crippen molar-refractivity contribution in [2.45, 2.75) is 13.0 Å². The van der Waals surface area contributed by atoms with Gasteiger partial charge >= 0.3 is 0 Å². The van der Waals surface area contributed by atoms with Gasteiger partial charge in [0.1, 0.15) is 0 Å². The fourth-order valence-corrected chi connectivity index (χ4v) is 1.83. The first-order valence-electron chi connectivity index (χ1n) is 6.28. The highest BCUT2D eigenvalue weighted by atomic mass is 16.5. The van der Waals surface area contributed by atoms with E-state index in [9.17, 15) is 4.79 Å². The van der Waals surface area contributed by atoms with Crippen molar-refractivity contribution in [2.75, 3.05) is 13.2 Å². The van der Waals surface area contributed by atoms with Crippen molar-refractivity contribution in [1.82, 2.24) is 4.57 Å². The topological polar surface area (TPSA) is 51.5 Å². The summed E-state index contributed by atoms with van der Waals surface area (Å²) >= 11 is 0. The first-order valence-corrected chi connectivity index (χ1v) is 6.28. The molecule has 0 fully saturated rings. The van der Waals surface area contributed by atoms with Crippen molar-refractivity contribution in [3.63, 3.8) is 0 Å². The lowest BCUT2D eigenvalue weighted by molar-refractivity contribution is 0.270. The lowest BCUT2D eigenvalue weighted by Gasteiger charge is -2.08. The van der Waals surface area contributed by atoms with E-state index in [1.54, 1.807) is 18.3 Å². The summed E-state index contributed by atoms with van der Waals surface area (Å²) in [5.74, 6) is 0.326. The molecular weight excluding hydrogens is 242 g/mol. The molecule has 0 radical (unpaired) electrons. The van der Waals surface area contributed by atoms with Crippen molar-refractivity contribution < 1.29 is 9.84 Å². The largest absolute Gasteiger partial charge is 0.488 e. The van der Waals surface area contributed by atoms with Gasteiger partial charge in [0.05, 0.1) is 13.2 Å². The van der Waals surface area contributed by atoms with Gasteiger partial charge in [0.15, 0.2) is 5.75 Å². The number of aliphatic hydroxyl groups excluding tert-OH is 1. The van der Waals surface area contributed by atoms with Gasteiger partial charge in [-0.25, -0.2) is 0 Å². The number of hydrogen-bond acceptors (Lipinski definition) is 3. The van der Waals surface area contributed by atoms with Crippen LogP contribution < -0.4 is 10.3 Å². The minimum atomic E-state index is -0.204. The van der Waals surface area contributed by atoms with Crippen LogP contribution in [0.25, 0.3) is 0 Å².